The lowest BCUT2D eigenvalue weighted by Crippen LogP contribution is -1.95. The van der Waals surface area contributed by atoms with Crippen molar-refractivity contribution in [1.29, 1.82) is 0 Å². The van der Waals surface area contributed by atoms with Crippen LogP contribution in [-0.4, -0.2) is 7.11 Å². The summed E-state index contributed by atoms with van der Waals surface area (Å²) < 4.78 is 4.99. The van der Waals surface area contributed by atoms with Gasteiger partial charge in [0.05, 0.1) is 0 Å². The maximum absolute atomic E-state index is 4.99. The molecule has 0 fully saturated rings. The van der Waals surface area contributed by atoms with Crippen LogP contribution in [0.3, 0.4) is 0 Å². The molecule has 1 radical (unpaired) electrons. The van der Waals surface area contributed by atoms with Crippen molar-refractivity contribution in [1.82, 2.24) is 0 Å². The van der Waals surface area contributed by atoms with E-state index in [1.54, 1.807) is 7.11 Å². The molecule has 0 saturated heterocycles. The Morgan fingerprint density at radius 1 is 1.75 bits per heavy atom. The van der Waals surface area contributed by atoms with Crippen molar-refractivity contribution in [2.75, 3.05) is 7.11 Å². The van der Waals surface area contributed by atoms with Crippen LogP contribution < -0.4 is 0 Å². The average molecular weight is 113 g/mol. The first-order valence-electron chi connectivity index (χ1n) is 2.84. The van der Waals surface area contributed by atoms with Crippen molar-refractivity contribution >= 4 is 0 Å². The molecule has 0 atom stereocenters. The zero-order valence-electron chi connectivity index (χ0n) is 5.61. The normalized spacial score (nSPS) is 9.88. The third-order valence-corrected chi connectivity index (χ3v) is 1.06. The summed E-state index contributed by atoms with van der Waals surface area (Å²) in [5.41, 5.74) is 0. The van der Waals surface area contributed by atoms with Gasteiger partial charge in [0.25, 0.3) is 0 Å². The van der Waals surface area contributed by atoms with E-state index in [0.29, 0.717) is 0 Å². The van der Waals surface area contributed by atoms with E-state index in [-0.39, 0.29) is 0 Å². The summed E-state index contributed by atoms with van der Waals surface area (Å²) in [5.74, 6) is 0. The van der Waals surface area contributed by atoms with E-state index in [1.807, 2.05) is 6.08 Å². The summed E-state index contributed by atoms with van der Waals surface area (Å²) >= 11 is 0. The van der Waals surface area contributed by atoms with Crippen molar-refractivity contribution in [3.05, 3.63) is 18.8 Å². The number of hydrogen-bond acceptors (Lipinski definition) is 1. The van der Waals surface area contributed by atoms with E-state index in [9.17, 15) is 0 Å². The highest BCUT2D eigenvalue weighted by atomic mass is 16.5. The zero-order valence-corrected chi connectivity index (χ0v) is 5.61. The summed E-state index contributed by atoms with van der Waals surface area (Å²) in [6.45, 7) is 5.67. The fourth-order valence-electron chi connectivity index (χ4n) is 0.533. The first kappa shape index (κ1) is 7.70. The Bertz CT molecular complexity index is 55.4. The first-order valence-corrected chi connectivity index (χ1v) is 2.84. The minimum atomic E-state index is 0.882. The Morgan fingerprint density at radius 2 is 2.38 bits per heavy atom. The minimum absolute atomic E-state index is 0.882. The summed E-state index contributed by atoms with van der Waals surface area (Å²) in [7, 11) is 1.70. The molecule has 1 nitrogen and oxygen atoms in total. The maximum Gasteiger partial charge on any atom is 0.100 e. The van der Waals surface area contributed by atoms with Gasteiger partial charge in [-0.05, 0) is 12.8 Å². The predicted octanol–water partition coefficient (Wildman–Crippen LogP) is 2.15. The maximum atomic E-state index is 4.99. The molecule has 0 heterocycles. The second-order valence-electron chi connectivity index (χ2n) is 1.59. The predicted molar refractivity (Wildman–Crippen MR) is 35.4 cm³/mol. The van der Waals surface area contributed by atoms with Gasteiger partial charge in [-0.25, -0.2) is 0 Å². The molecule has 0 N–H and O–H groups in total. The van der Waals surface area contributed by atoms with E-state index < -0.39 is 0 Å². The average Bonchev–Trinajstić information content (AvgIpc) is 1.83. The van der Waals surface area contributed by atoms with E-state index in [1.165, 1.54) is 0 Å². The number of rotatable bonds is 4. The molecule has 0 aromatic carbocycles. The van der Waals surface area contributed by atoms with E-state index in [0.717, 1.165) is 18.9 Å². The quantitative estimate of drug-likeness (QED) is 0.507. The lowest BCUT2D eigenvalue weighted by atomic mass is 10.2. The van der Waals surface area contributed by atoms with Crippen LogP contribution in [0, 0.1) is 6.10 Å². The molecule has 47 valence electrons. The van der Waals surface area contributed by atoms with Gasteiger partial charge in [-0.2, -0.15) is 0 Å². The molecule has 0 rings (SSSR count). The van der Waals surface area contributed by atoms with Crippen LogP contribution in [0.4, 0.5) is 0 Å². The fourth-order valence-corrected chi connectivity index (χ4v) is 0.533. The van der Waals surface area contributed by atoms with Crippen LogP contribution in [-0.2, 0) is 4.74 Å². The summed E-state index contributed by atoms with van der Waals surface area (Å²) in [5, 5.41) is 0. The number of hydrogen-bond donors (Lipinski definition) is 0. The summed E-state index contributed by atoms with van der Waals surface area (Å²) in [4.78, 5) is 0. The van der Waals surface area contributed by atoms with Crippen LogP contribution in [0.5, 0.6) is 0 Å². The van der Waals surface area contributed by atoms with Crippen molar-refractivity contribution in [3.8, 4) is 0 Å². The van der Waals surface area contributed by atoms with Crippen LogP contribution >= 0.6 is 0 Å². The number of ether oxygens (including phenoxy) is 1. The van der Waals surface area contributed by atoms with Crippen molar-refractivity contribution in [2.24, 2.45) is 0 Å². The SMILES string of the molecule is C=CC[C](CC)OC. The van der Waals surface area contributed by atoms with E-state index in [2.05, 4.69) is 13.5 Å². The molecule has 0 amide bonds. The van der Waals surface area contributed by atoms with Crippen molar-refractivity contribution < 1.29 is 4.74 Å². The van der Waals surface area contributed by atoms with Gasteiger partial charge in [-0.1, -0.05) is 13.0 Å². The van der Waals surface area contributed by atoms with Gasteiger partial charge < -0.3 is 4.74 Å². The third-order valence-electron chi connectivity index (χ3n) is 1.06. The van der Waals surface area contributed by atoms with Gasteiger partial charge in [-0.15, -0.1) is 6.58 Å². The van der Waals surface area contributed by atoms with Crippen LogP contribution in [0.1, 0.15) is 19.8 Å². The Morgan fingerprint density at radius 3 is 2.50 bits per heavy atom. The molecule has 0 aliphatic carbocycles. The Balaban J connectivity index is 3.20. The fraction of sp³-hybridized carbons (Fsp3) is 0.571. The monoisotopic (exact) mass is 113 g/mol. The second-order valence-corrected chi connectivity index (χ2v) is 1.59. The second kappa shape index (κ2) is 4.85. The lowest BCUT2D eigenvalue weighted by Gasteiger charge is -2.06. The molecule has 0 spiro atoms. The van der Waals surface area contributed by atoms with E-state index >= 15 is 0 Å². The molecular weight excluding hydrogens is 100 g/mol. The molecule has 0 aromatic heterocycles. The molecule has 0 unspecified atom stereocenters. The minimum Gasteiger partial charge on any atom is -0.375 e. The van der Waals surface area contributed by atoms with Crippen LogP contribution in [0.25, 0.3) is 0 Å². The van der Waals surface area contributed by atoms with E-state index in [4.69, 9.17) is 4.74 Å². The Labute approximate surface area is 51.4 Å². The van der Waals surface area contributed by atoms with Gasteiger partial charge in [0.1, 0.15) is 6.10 Å². The largest absolute Gasteiger partial charge is 0.375 e. The van der Waals surface area contributed by atoms with Gasteiger partial charge in [0.15, 0.2) is 0 Å². The zero-order chi connectivity index (χ0) is 6.41. The molecular formula is C7H13O. The molecule has 8 heavy (non-hydrogen) atoms. The van der Waals surface area contributed by atoms with Crippen LogP contribution in [0.15, 0.2) is 12.7 Å². The van der Waals surface area contributed by atoms with Crippen LogP contribution in [0.2, 0.25) is 0 Å². The van der Waals surface area contributed by atoms with Crippen molar-refractivity contribution in [3.63, 3.8) is 0 Å². The first-order chi connectivity index (χ1) is 3.85. The van der Waals surface area contributed by atoms with Crippen molar-refractivity contribution in [2.45, 2.75) is 19.8 Å². The molecule has 0 aliphatic heterocycles. The van der Waals surface area contributed by atoms with Gasteiger partial charge in [0, 0.05) is 7.11 Å². The molecule has 0 aliphatic rings. The Hall–Kier alpha value is -0.300. The highest BCUT2D eigenvalue weighted by molar-refractivity contribution is 4.85. The molecule has 1 heteroatoms. The Kier molecular flexibility index (Phi) is 4.67. The van der Waals surface area contributed by atoms with Gasteiger partial charge in [-0.3, -0.25) is 0 Å². The smallest absolute Gasteiger partial charge is 0.100 e. The summed E-state index contributed by atoms with van der Waals surface area (Å²) in [6.07, 6.45) is 4.82. The molecule has 0 aromatic rings. The topological polar surface area (TPSA) is 9.23 Å². The molecule has 0 saturated carbocycles. The van der Waals surface area contributed by atoms with Gasteiger partial charge >= 0.3 is 0 Å². The summed E-state index contributed by atoms with van der Waals surface area (Å²) in [6, 6.07) is 0. The van der Waals surface area contributed by atoms with Gasteiger partial charge in [0.2, 0.25) is 0 Å². The standard InChI is InChI=1S/C7H13O/c1-4-6-7(5-2)8-3/h4H,1,5-6H2,2-3H3. The highest BCUT2D eigenvalue weighted by Gasteiger charge is 1.99. The number of methoxy groups -OCH3 is 1. The lowest BCUT2D eigenvalue weighted by molar-refractivity contribution is 0.197. The molecule has 0 bridgehead atoms. The third kappa shape index (κ3) is 2.80. The highest BCUT2D eigenvalue weighted by Crippen LogP contribution is 2.10.